The zero-order valence-corrected chi connectivity index (χ0v) is 18.3. The average molecular weight is 412 g/mol. The summed E-state index contributed by atoms with van der Waals surface area (Å²) in [7, 11) is 0. The van der Waals surface area contributed by atoms with Crippen LogP contribution in [-0.2, 0) is 11.3 Å². The molecule has 2 aliphatic heterocycles. The Labute approximate surface area is 178 Å². The van der Waals surface area contributed by atoms with Crippen molar-refractivity contribution in [3.8, 4) is 0 Å². The van der Waals surface area contributed by atoms with Gasteiger partial charge in [0.1, 0.15) is 0 Å². The Morgan fingerprint density at radius 2 is 2.17 bits per heavy atom. The van der Waals surface area contributed by atoms with Gasteiger partial charge in [-0.25, -0.2) is 9.78 Å². The fourth-order valence-electron chi connectivity index (χ4n) is 4.55. The van der Waals surface area contributed by atoms with E-state index in [4.69, 9.17) is 15.5 Å². The van der Waals surface area contributed by atoms with E-state index in [1.54, 1.807) is 0 Å². The van der Waals surface area contributed by atoms with Crippen molar-refractivity contribution in [2.75, 3.05) is 36.9 Å². The average Bonchev–Trinajstić information content (AvgIpc) is 3.38. The van der Waals surface area contributed by atoms with Crippen molar-refractivity contribution >= 4 is 28.8 Å². The molecule has 0 aliphatic carbocycles. The number of benzene rings is 1. The van der Waals surface area contributed by atoms with E-state index in [1.165, 1.54) is 5.57 Å². The number of nitrogen functional groups attached to an aromatic ring is 1. The van der Waals surface area contributed by atoms with Gasteiger partial charge < -0.3 is 24.8 Å². The maximum atomic E-state index is 12.5. The van der Waals surface area contributed by atoms with Crippen molar-refractivity contribution < 1.29 is 9.53 Å². The molecule has 30 heavy (non-hydrogen) atoms. The summed E-state index contributed by atoms with van der Waals surface area (Å²) in [5, 5.41) is 0. The van der Waals surface area contributed by atoms with Gasteiger partial charge in [0.15, 0.2) is 0 Å². The number of hydrogen-bond donors (Lipinski definition) is 1. The van der Waals surface area contributed by atoms with Crippen LogP contribution in [0.3, 0.4) is 0 Å². The summed E-state index contributed by atoms with van der Waals surface area (Å²) in [6.45, 7) is 10.0. The van der Waals surface area contributed by atoms with Crippen LogP contribution < -0.4 is 10.6 Å². The number of carbonyl (C=O) groups is 1. The van der Waals surface area contributed by atoms with Gasteiger partial charge >= 0.3 is 6.09 Å². The maximum absolute atomic E-state index is 12.5. The van der Waals surface area contributed by atoms with Gasteiger partial charge in [0, 0.05) is 37.8 Å². The molecule has 1 aromatic carbocycles. The molecule has 2 atom stereocenters. The van der Waals surface area contributed by atoms with Gasteiger partial charge in [-0.3, -0.25) is 0 Å². The first-order valence-electron chi connectivity index (χ1n) is 11.1. The number of rotatable bonds is 6. The van der Waals surface area contributed by atoms with Crippen LogP contribution in [0, 0.1) is 5.92 Å². The van der Waals surface area contributed by atoms with Gasteiger partial charge in [-0.15, -0.1) is 0 Å². The molecule has 0 spiro atoms. The monoisotopic (exact) mass is 411 g/mol. The van der Waals surface area contributed by atoms with E-state index in [1.807, 2.05) is 23.1 Å². The molecule has 2 aromatic rings. The number of likely N-dealkylation sites (tertiary alicyclic amines) is 1. The second kappa shape index (κ2) is 8.58. The number of imidazole rings is 1. The lowest BCUT2D eigenvalue weighted by Gasteiger charge is -2.26. The van der Waals surface area contributed by atoms with Gasteiger partial charge in [0.25, 0.3) is 0 Å². The number of aromatic nitrogens is 2. The molecule has 7 nitrogen and oxygen atoms in total. The fraction of sp³-hybridized carbons (Fsp3) is 0.565. The molecule has 2 aliphatic rings. The summed E-state index contributed by atoms with van der Waals surface area (Å²) in [4.78, 5) is 21.7. The number of carbonyl (C=O) groups excluding carboxylic acids is 1. The van der Waals surface area contributed by atoms with Crippen LogP contribution >= 0.6 is 0 Å². The molecule has 2 N–H and O–H groups in total. The highest BCUT2D eigenvalue weighted by Gasteiger charge is 2.44. The summed E-state index contributed by atoms with van der Waals surface area (Å²) in [6, 6.07) is 6.18. The predicted octanol–water partition coefficient (Wildman–Crippen LogP) is 4.03. The van der Waals surface area contributed by atoms with Crippen molar-refractivity contribution in [1.29, 1.82) is 0 Å². The van der Waals surface area contributed by atoms with E-state index in [0.717, 1.165) is 61.6 Å². The molecule has 0 saturated carbocycles. The van der Waals surface area contributed by atoms with Gasteiger partial charge in [0.05, 0.1) is 23.7 Å². The number of anilines is 2. The highest BCUT2D eigenvalue weighted by molar-refractivity contribution is 5.82. The summed E-state index contributed by atoms with van der Waals surface area (Å²) in [5.41, 5.74) is 10.1. The fourth-order valence-corrected chi connectivity index (χ4v) is 4.55. The highest BCUT2D eigenvalue weighted by Crippen LogP contribution is 2.36. The number of fused-ring (bicyclic) bond motifs is 2. The van der Waals surface area contributed by atoms with Crippen LogP contribution in [0.25, 0.3) is 11.0 Å². The Kier molecular flexibility index (Phi) is 5.88. The number of amides is 1. The van der Waals surface area contributed by atoms with Crippen LogP contribution in [0.15, 0.2) is 29.8 Å². The van der Waals surface area contributed by atoms with Crippen molar-refractivity contribution in [3.05, 3.63) is 29.8 Å². The van der Waals surface area contributed by atoms with Crippen LogP contribution in [0.4, 0.5) is 16.4 Å². The number of allylic oxidation sites excluding steroid dienone is 2. The molecule has 2 unspecified atom stereocenters. The number of ether oxygens (including phenoxy) is 1. The molecule has 1 aromatic heterocycles. The largest absolute Gasteiger partial charge is 0.449 e. The normalized spacial score (nSPS) is 20.6. The number of nitrogens with zero attached hydrogens (tertiary/aromatic N) is 4. The van der Waals surface area contributed by atoms with E-state index >= 15 is 0 Å². The Morgan fingerprint density at radius 3 is 2.93 bits per heavy atom. The molecule has 0 bridgehead atoms. The second-order valence-corrected chi connectivity index (χ2v) is 8.73. The minimum atomic E-state index is -0.177. The van der Waals surface area contributed by atoms with Crippen LogP contribution in [0.5, 0.6) is 0 Å². The quantitative estimate of drug-likeness (QED) is 0.441. The smallest absolute Gasteiger partial charge is 0.409 e. The number of nitrogens with two attached hydrogens (primary N) is 1. The molecule has 2 saturated heterocycles. The highest BCUT2D eigenvalue weighted by atomic mass is 16.6. The van der Waals surface area contributed by atoms with Crippen LogP contribution in [0.1, 0.15) is 40.0 Å². The topological polar surface area (TPSA) is 76.6 Å². The van der Waals surface area contributed by atoms with E-state index in [9.17, 15) is 4.79 Å². The van der Waals surface area contributed by atoms with Gasteiger partial charge in [0.2, 0.25) is 5.95 Å². The molecular formula is C23H33N5O2. The second-order valence-electron chi connectivity index (χ2n) is 8.73. The van der Waals surface area contributed by atoms with E-state index in [2.05, 4.69) is 36.3 Å². The van der Waals surface area contributed by atoms with Gasteiger partial charge in [-0.2, -0.15) is 0 Å². The van der Waals surface area contributed by atoms with Crippen LogP contribution in [0.2, 0.25) is 0 Å². The zero-order chi connectivity index (χ0) is 21.3. The first-order chi connectivity index (χ1) is 14.5. The summed E-state index contributed by atoms with van der Waals surface area (Å²) in [5.74, 6) is 1.44. The third-order valence-corrected chi connectivity index (χ3v) is 6.22. The van der Waals surface area contributed by atoms with Gasteiger partial charge in [-0.05, 0) is 44.9 Å². The predicted molar refractivity (Wildman–Crippen MR) is 121 cm³/mol. The van der Waals surface area contributed by atoms with Crippen LogP contribution in [-0.4, -0.2) is 52.8 Å². The molecule has 4 rings (SSSR count). The third-order valence-electron chi connectivity index (χ3n) is 6.22. The summed E-state index contributed by atoms with van der Waals surface area (Å²) in [6.07, 6.45) is 5.04. The number of hydrogen-bond acceptors (Lipinski definition) is 5. The molecule has 1 amide bonds. The molecule has 0 radical (unpaired) electrons. The lowest BCUT2D eigenvalue weighted by molar-refractivity contribution is 0.107. The van der Waals surface area contributed by atoms with Gasteiger partial charge in [-0.1, -0.05) is 25.0 Å². The SMILES string of the molecule is CCCCOC(=O)N1CC2CCN(c3nc4ccc(N)cc4n3CC=C(C)C)C2C1. The zero-order valence-electron chi connectivity index (χ0n) is 18.3. The summed E-state index contributed by atoms with van der Waals surface area (Å²) >= 11 is 0. The lowest BCUT2D eigenvalue weighted by Crippen LogP contribution is -2.38. The van der Waals surface area contributed by atoms with Crippen molar-refractivity contribution in [2.24, 2.45) is 5.92 Å². The van der Waals surface area contributed by atoms with Crippen molar-refractivity contribution in [3.63, 3.8) is 0 Å². The lowest BCUT2D eigenvalue weighted by atomic mass is 10.1. The molecular weight excluding hydrogens is 378 g/mol. The molecule has 162 valence electrons. The first kappa shape index (κ1) is 20.6. The van der Waals surface area contributed by atoms with E-state index in [-0.39, 0.29) is 12.1 Å². The Morgan fingerprint density at radius 1 is 1.33 bits per heavy atom. The minimum Gasteiger partial charge on any atom is -0.449 e. The first-order valence-corrected chi connectivity index (χ1v) is 11.1. The summed E-state index contributed by atoms with van der Waals surface area (Å²) < 4.78 is 7.70. The Balaban J connectivity index is 1.59. The number of unbranched alkanes of at least 4 members (excludes halogenated alkanes) is 1. The molecule has 3 heterocycles. The van der Waals surface area contributed by atoms with E-state index < -0.39 is 0 Å². The van der Waals surface area contributed by atoms with E-state index in [0.29, 0.717) is 19.1 Å². The Hall–Kier alpha value is -2.70. The van der Waals surface area contributed by atoms with Crippen molar-refractivity contribution in [2.45, 2.75) is 52.6 Å². The third kappa shape index (κ3) is 3.98. The van der Waals surface area contributed by atoms with Crippen molar-refractivity contribution in [1.82, 2.24) is 14.5 Å². The standard InChI is InChI=1S/C23H33N5O2/c1-4-5-12-30-23(29)26-14-17-9-11-28(21(17)15-26)22-25-19-7-6-18(24)13-20(19)27(22)10-8-16(2)3/h6-8,13,17,21H,4-5,9-12,14-15,24H2,1-3H3. The molecule has 7 heteroatoms. The Bertz CT molecular complexity index is 946. The minimum absolute atomic E-state index is 0.177. The maximum Gasteiger partial charge on any atom is 0.409 e. The molecule has 2 fully saturated rings.